The fourth-order valence-electron chi connectivity index (χ4n) is 2.36. The minimum Gasteiger partial charge on any atom is -0.294 e. The lowest BCUT2D eigenvalue weighted by molar-refractivity contribution is 0.0988. The molecule has 0 spiro atoms. The molecule has 1 heteroatoms. The number of carbonyl (C=O) groups excluding carboxylic acids is 1. The molecule has 0 unspecified atom stereocenters. The zero-order valence-corrected chi connectivity index (χ0v) is 12.3. The van der Waals surface area contributed by atoms with Crippen LogP contribution in [0.2, 0.25) is 0 Å². The first kappa shape index (κ1) is 13.8. The zero-order chi connectivity index (χ0) is 14.0. The summed E-state index contributed by atoms with van der Waals surface area (Å²) in [5.74, 6) is 0.230. The summed E-state index contributed by atoms with van der Waals surface area (Å²) in [6.07, 6.45) is 7.79. The van der Waals surface area contributed by atoms with E-state index in [1.165, 1.54) is 11.1 Å². The smallest absolute Gasteiger partial charge is 0.163 e. The van der Waals surface area contributed by atoms with Crippen molar-refractivity contribution < 1.29 is 4.79 Å². The van der Waals surface area contributed by atoms with Gasteiger partial charge in [-0.2, -0.15) is 0 Å². The molecule has 1 aliphatic rings. The van der Waals surface area contributed by atoms with E-state index in [9.17, 15) is 4.79 Å². The maximum Gasteiger partial charge on any atom is 0.163 e. The molecule has 0 heterocycles. The van der Waals surface area contributed by atoms with Crippen molar-refractivity contribution in [3.05, 3.63) is 53.1 Å². The van der Waals surface area contributed by atoms with E-state index in [-0.39, 0.29) is 11.2 Å². The van der Waals surface area contributed by atoms with E-state index in [4.69, 9.17) is 0 Å². The lowest BCUT2D eigenvalue weighted by Gasteiger charge is -2.21. The van der Waals surface area contributed by atoms with Gasteiger partial charge in [-0.25, -0.2) is 0 Å². The Labute approximate surface area is 116 Å². The molecule has 100 valence electrons. The fraction of sp³-hybridized carbons (Fsp3) is 0.389. The van der Waals surface area contributed by atoms with Gasteiger partial charge in [0.05, 0.1) is 0 Å². The number of Topliss-reactive ketones (excluding diaryl/α,β-unsaturated/α-hetero) is 1. The van der Waals surface area contributed by atoms with Gasteiger partial charge >= 0.3 is 0 Å². The van der Waals surface area contributed by atoms with E-state index in [1.54, 1.807) is 0 Å². The summed E-state index contributed by atoms with van der Waals surface area (Å²) in [4.78, 5) is 12.2. The van der Waals surface area contributed by atoms with Crippen molar-refractivity contribution in [3.63, 3.8) is 0 Å². The first-order chi connectivity index (χ1) is 8.93. The van der Waals surface area contributed by atoms with Crippen LogP contribution in [0.5, 0.6) is 0 Å². The minimum atomic E-state index is 0.0730. The molecule has 0 atom stereocenters. The van der Waals surface area contributed by atoms with Crippen LogP contribution < -0.4 is 0 Å². The standard InChI is InChI=1S/C18H22O/c1-5-17(19)16-12-14(18(2,3)4)10-11-15(16)13-8-6-7-9-13/h6-8,10-12H,5,9H2,1-4H3. The van der Waals surface area contributed by atoms with Crippen molar-refractivity contribution in [2.24, 2.45) is 0 Å². The molecule has 1 aromatic carbocycles. The summed E-state index contributed by atoms with van der Waals surface area (Å²) in [5.41, 5.74) is 4.52. The monoisotopic (exact) mass is 254 g/mol. The largest absolute Gasteiger partial charge is 0.294 e. The minimum absolute atomic E-state index is 0.0730. The van der Waals surface area contributed by atoms with Crippen LogP contribution in [0, 0.1) is 0 Å². The SMILES string of the molecule is CCC(=O)c1cc(C(C)(C)C)ccc1C1=CC=CC1. The van der Waals surface area contributed by atoms with Crippen molar-refractivity contribution in [2.75, 3.05) is 0 Å². The van der Waals surface area contributed by atoms with Crippen LogP contribution in [0.25, 0.3) is 5.57 Å². The molecule has 0 aromatic heterocycles. The van der Waals surface area contributed by atoms with Gasteiger partial charge < -0.3 is 0 Å². The van der Waals surface area contributed by atoms with E-state index in [0.717, 1.165) is 17.5 Å². The molecule has 0 aliphatic heterocycles. The first-order valence-electron chi connectivity index (χ1n) is 6.97. The maximum atomic E-state index is 12.2. The highest BCUT2D eigenvalue weighted by Crippen LogP contribution is 2.31. The van der Waals surface area contributed by atoms with Crippen LogP contribution in [-0.2, 0) is 5.41 Å². The molecule has 0 bridgehead atoms. The number of allylic oxidation sites excluding steroid dienone is 4. The van der Waals surface area contributed by atoms with Gasteiger partial charge in [0.25, 0.3) is 0 Å². The molecule has 2 rings (SSSR count). The Bertz CT molecular complexity index is 554. The Morgan fingerprint density at radius 2 is 2.00 bits per heavy atom. The molecule has 0 saturated carbocycles. The Balaban J connectivity index is 2.52. The predicted molar refractivity (Wildman–Crippen MR) is 81.5 cm³/mol. The molecule has 19 heavy (non-hydrogen) atoms. The zero-order valence-electron chi connectivity index (χ0n) is 12.3. The Morgan fingerprint density at radius 3 is 2.53 bits per heavy atom. The highest BCUT2D eigenvalue weighted by atomic mass is 16.1. The summed E-state index contributed by atoms with van der Waals surface area (Å²) in [5, 5.41) is 0. The van der Waals surface area contributed by atoms with E-state index in [2.05, 4.69) is 57.2 Å². The normalized spacial score (nSPS) is 14.6. The number of carbonyl (C=O) groups is 1. The lowest BCUT2D eigenvalue weighted by atomic mass is 9.83. The quantitative estimate of drug-likeness (QED) is 0.700. The first-order valence-corrected chi connectivity index (χ1v) is 6.97. The van der Waals surface area contributed by atoms with Gasteiger partial charge in [-0.3, -0.25) is 4.79 Å². The van der Waals surface area contributed by atoms with Crippen LogP contribution >= 0.6 is 0 Å². The molecule has 0 saturated heterocycles. The molecular weight excluding hydrogens is 232 g/mol. The number of rotatable bonds is 3. The fourth-order valence-corrected chi connectivity index (χ4v) is 2.36. The van der Waals surface area contributed by atoms with E-state index < -0.39 is 0 Å². The van der Waals surface area contributed by atoms with Gasteiger partial charge in [0.1, 0.15) is 0 Å². The van der Waals surface area contributed by atoms with Crippen LogP contribution in [0.3, 0.4) is 0 Å². The summed E-state index contributed by atoms with van der Waals surface area (Å²) in [6.45, 7) is 8.47. The predicted octanol–water partition coefficient (Wildman–Crippen LogP) is 4.92. The number of ketones is 1. The van der Waals surface area contributed by atoms with Crippen molar-refractivity contribution in [1.29, 1.82) is 0 Å². The van der Waals surface area contributed by atoms with Gasteiger partial charge in [-0.1, -0.05) is 58.1 Å². The third kappa shape index (κ3) is 2.86. The number of hydrogen-bond donors (Lipinski definition) is 0. The molecule has 0 amide bonds. The molecule has 1 aliphatic carbocycles. The molecule has 0 N–H and O–H groups in total. The maximum absolute atomic E-state index is 12.2. The third-order valence-corrected chi connectivity index (χ3v) is 3.62. The molecule has 0 fully saturated rings. The lowest BCUT2D eigenvalue weighted by Crippen LogP contribution is -2.13. The van der Waals surface area contributed by atoms with Crippen molar-refractivity contribution in [3.8, 4) is 0 Å². The van der Waals surface area contributed by atoms with Crippen molar-refractivity contribution >= 4 is 11.4 Å². The molecule has 0 radical (unpaired) electrons. The summed E-state index contributed by atoms with van der Waals surface area (Å²) < 4.78 is 0. The van der Waals surface area contributed by atoms with Crippen LogP contribution in [0.15, 0.2) is 36.4 Å². The summed E-state index contributed by atoms with van der Waals surface area (Å²) >= 11 is 0. The van der Waals surface area contributed by atoms with E-state index in [1.807, 2.05) is 6.92 Å². The molecule has 1 aromatic rings. The Hall–Kier alpha value is -1.63. The Kier molecular flexibility index (Phi) is 3.75. The van der Waals surface area contributed by atoms with E-state index >= 15 is 0 Å². The number of benzene rings is 1. The highest BCUT2D eigenvalue weighted by Gasteiger charge is 2.19. The second kappa shape index (κ2) is 5.16. The van der Waals surface area contributed by atoms with E-state index in [0.29, 0.717) is 6.42 Å². The second-order valence-electron chi connectivity index (χ2n) is 6.11. The average molecular weight is 254 g/mol. The highest BCUT2D eigenvalue weighted by molar-refractivity contribution is 6.01. The second-order valence-corrected chi connectivity index (χ2v) is 6.11. The van der Waals surface area contributed by atoms with Gasteiger partial charge in [-0.05, 0) is 34.6 Å². The summed E-state index contributed by atoms with van der Waals surface area (Å²) in [7, 11) is 0. The molecular formula is C18H22O. The summed E-state index contributed by atoms with van der Waals surface area (Å²) in [6, 6.07) is 6.35. The number of hydrogen-bond acceptors (Lipinski definition) is 1. The van der Waals surface area contributed by atoms with Crippen LogP contribution in [0.4, 0.5) is 0 Å². The topological polar surface area (TPSA) is 17.1 Å². The van der Waals surface area contributed by atoms with Gasteiger partial charge in [-0.15, -0.1) is 0 Å². The van der Waals surface area contributed by atoms with Gasteiger partial charge in [0.2, 0.25) is 0 Å². The van der Waals surface area contributed by atoms with Gasteiger partial charge in [0, 0.05) is 12.0 Å². The molecule has 1 nitrogen and oxygen atoms in total. The average Bonchev–Trinajstić information content (AvgIpc) is 2.89. The Morgan fingerprint density at radius 1 is 1.26 bits per heavy atom. The van der Waals surface area contributed by atoms with Crippen LogP contribution in [-0.4, -0.2) is 5.78 Å². The van der Waals surface area contributed by atoms with Gasteiger partial charge in [0.15, 0.2) is 5.78 Å². The van der Waals surface area contributed by atoms with Crippen LogP contribution in [0.1, 0.15) is 62.0 Å². The van der Waals surface area contributed by atoms with Crippen molar-refractivity contribution in [2.45, 2.75) is 46.0 Å². The van der Waals surface area contributed by atoms with Crippen molar-refractivity contribution in [1.82, 2.24) is 0 Å². The third-order valence-electron chi connectivity index (χ3n) is 3.62.